The molecule has 1 aromatic heterocycles. The molecule has 11 heteroatoms. The second kappa shape index (κ2) is 10.5. The third-order valence-corrected chi connectivity index (χ3v) is 6.25. The summed E-state index contributed by atoms with van der Waals surface area (Å²) in [6.07, 6.45) is 1.26. The largest absolute Gasteiger partial charge is 0.352 e. The van der Waals surface area contributed by atoms with Crippen LogP contribution in [0.1, 0.15) is 38.0 Å². The average Bonchev–Trinajstić information content (AvgIpc) is 3.34. The number of hydrogen-bond acceptors (Lipinski definition) is 6. The Bertz CT molecular complexity index is 1200. The molecule has 4 rings (SSSR count). The number of amides is 3. The predicted molar refractivity (Wildman–Crippen MR) is 121 cm³/mol. The van der Waals surface area contributed by atoms with E-state index in [-0.39, 0.29) is 34.8 Å². The lowest BCUT2D eigenvalue weighted by molar-refractivity contribution is -0.126. The minimum absolute atomic E-state index is 0.00549. The average molecular weight is 486 g/mol. The molecular weight excluding hydrogens is 464 g/mol. The van der Waals surface area contributed by atoms with E-state index in [9.17, 15) is 23.2 Å². The van der Waals surface area contributed by atoms with Crippen LogP contribution in [0.5, 0.6) is 0 Å². The summed E-state index contributed by atoms with van der Waals surface area (Å²) >= 11 is 0.848. The number of rotatable bonds is 6. The molecule has 2 aromatic carbocycles. The molecule has 3 amide bonds. The van der Waals surface area contributed by atoms with Gasteiger partial charge in [0.05, 0.1) is 5.92 Å². The summed E-state index contributed by atoms with van der Waals surface area (Å²) in [5.74, 6) is -2.37. The zero-order valence-electron chi connectivity index (χ0n) is 18.0. The van der Waals surface area contributed by atoms with Crippen molar-refractivity contribution in [1.82, 2.24) is 20.4 Å². The van der Waals surface area contributed by atoms with E-state index in [0.29, 0.717) is 30.6 Å². The molecule has 1 aliphatic heterocycles. The standard InChI is InChI=1S/C23H21F2N5O3S/c24-16-6-8-18(9-7-16)27-20(32)21-28-29-22(34-21)23(33)30-10-2-4-15(13-30)19(31)26-12-14-3-1-5-17(25)11-14/h1,3,5-9,11,15H,2,4,10,12-13H2,(H,26,31)(H,27,32). The summed E-state index contributed by atoms with van der Waals surface area (Å²) in [5.41, 5.74) is 1.04. The van der Waals surface area contributed by atoms with Crippen LogP contribution in [0.15, 0.2) is 48.5 Å². The molecular formula is C23H21F2N5O3S. The van der Waals surface area contributed by atoms with Crippen LogP contribution in [0.4, 0.5) is 14.5 Å². The summed E-state index contributed by atoms with van der Waals surface area (Å²) in [7, 11) is 0. The normalized spacial score (nSPS) is 15.6. The first-order chi connectivity index (χ1) is 16.4. The molecule has 0 aliphatic carbocycles. The smallest absolute Gasteiger partial charge is 0.286 e. The number of halogens is 2. The van der Waals surface area contributed by atoms with Crippen LogP contribution in [-0.2, 0) is 11.3 Å². The number of anilines is 1. The maximum atomic E-state index is 13.3. The summed E-state index contributed by atoms with van der Waals surface area (Å²) in [6, 6.07) is 11.2. The van der Waals surface area contributed by atoms with Gasteiger partial charge in [-0.1, -0.05) is 23.5 Å². The first-order valence-electron chi connectivity index (χ1n) is 10.6. The zero-order valence-corrected chi connectivity index (χ0v) is 18.8. The molecule has 2 N–H and O–H groups in total. The number of carbonyl (C=O) groups excluding carboxylic acids is 3. The van der Waals surface area contributed by atoms with Gasteiger partial charge in [0.2, 0.25) is 15.9 Å². The fraction of sp³-hybridized carbons (Fsp3) is 0.261. The minimum Gasteiger partial charge on any atom is -0.352 e. The van der Waals surface area contributed by atoms with Gasteiger partial charge in [0, 0.05) is 25.3 Å². The molecule has 0 saturated carbocycles. The SMILES string of the molecule is O=C(Nc1ccc(F)cc1)c1nnc(C(=O)N2CCCC(C(=O)NCc3cccc(F)c3)C2)s1. The molecule has 1 unspecified atom stereocenters. The number of aromatic nitrogens is 2. The molecule has 2 heterocycles. The summed E-state index contributed by atoms with van der Waals surface area (Å²) in [5, 5.41) is 13.0. The topological polar surface area (TPSA) is 104 Å². The second-order valence-corrected chi connectivity index (χ2v) is 8.79. The monoisotopic (exact) mass is 485 g/mol. The van der Waals surface area contributed by atoms with E-state index >= 15 is 0 Å². The maximum Gasteiger partial charge on any atom is 0.286 e. The molecule has 34 heavy (non-hydrogen) atoms. The van der Waals surface area contributed by atoms with Crippen molar-refractivity contribution in [2.75, 3.05) is 18.4 Å². The lowest BCUT2D eigenvalue weighted by Gasteiger charge is -2.31. The van der Waals surface area contributed by atoms with Crippen molar-refractivity contribution in [3.05, 3.63) is 75.7 Å². The Balaban J connectivity index is 1.33. The number of nitrogens with one attached hydrogen (secondary N) is 2. The molecule has 0 spiro atoms. The van der Waals surface area contributed by atoms with E-state index < -0.39 is 23.5 Å². The van der Waals surface area contributed by atoms with Crippen molar-refractivity contribution in [2.45, 2.75) is 19.4 Å². The lowest BCUT2D eigenvalue weighted by atomic mass is 9.97. The predicted octanol–water partition coefficient (Wildman–Crippen LogP) is 3.24. The number of benzene rings is 2. The zero-order chi connectivity index (χ0) is 24.1. The fourth-order valence-corrected chi connectivity index (χ4v) is 4.32. The molecule has 3 aromatic rings. The first-order valence-corrected chi connectivity index (χ1v) is 11.4. The molecule has 0 bridgehead atoms. The van der Waals surface area contributed by atoms with Gasteiger partial charge in [-0.15, -0.1) is 10.2 Å². The number of likely N-dealkylation sites (tertiary alicyclic amines) is 1. The highest BCUT2D eigenvalue weighted by atomic mass is 32.1. The van der Waals surface area contributed by atoms with Gasteiger partial charge in [0.25, 0.3) is 11.8 Å². The molecule has 1 atom stereocenters. The van der Waals surface area contributed by atoms with E-state index in [1.54, 1.807) is 12.1 Å². The number of hydrogen-bond donors (Lipinski definition) is 2. The van der Waals surface area contributed by atoms with Crippen LogP contribution >= 0.6 is 11.3 Å². The van der Waals surface area contributed by atoms with Crippen LogP contribution in [0, 0.1) is 17.6 Å². The van der Waals surface area contributed by atoms with E-state index in [4.69, 9.17) is 0 Å². The Morgan fingerprint density at radius 2 is 1.79 bits per heavy atom. The van der Waals surface area contributed by atoms with Gasteiger partial charge in [-0.25, -0.2) is 8.78 Å². The van der Waals surface area contributed by atoms with Crippen molar-refractivity contribution in [3.63, 3.8) is 0 Å². The van der Waals surface area contributed by atoms with Crippen molar-refractivity contribution in [2.24, 2.45) is 5.92 Å². The Hall–Kier alpha value is -3.73. The summed E-state index contributed by atoms with van der Waals surface area (Å²) in [6.45, 7) is 0.873. The second-order valence-electron chi connectivity index (χ2n) is 7.81. The highest BCUT2D eigenvalue weighted by molar-refractivity contribution is 7.15. The van der Waals surface area contributed by atoms with Gasteiger partial charge in [-0.3, -0.25) is 14.4 Å². The fourth-order valence-electron chi connectivity index (χ4n) is 3.61. The van der Waals surface area contributed by atoms with Crippen molar-refractivity contribution < 1.29 is 23.2 Å². The Morgan fingerprint density at radius 1 is 1.03 bits per heavy atom. The van der Waals surface area contributed by atoms with Crippen molar-refractivity contribution in [1.29, 1.82) is 0 Å². The molecule has 8 nitrogen and oxygen atoms in total. The van der Waals surface area contributed by atoms with Crippen LogP contribution in [0.25, 0.3) is 0 Å². The highest BCUT2D eigenvalue weighted by Crippen LogP contribution is 2.21. The summed E-state index contributed by atoms with van der Waals surface area (Å²) < 4.78 is 26.3. The minimum atomic E-state index is -0.559. The lowest BCUT2D eigenvalue weighted by Crippen LogP contribution is -2.45. The van der Waals surface area contributed by atoms with Gasteiger partial charge < -0.3 is 15.5 Å². The Morgan fingerprint density at radius 3 is 2.56 bits per heavy atom. The van der Waals surface area contributed by atoms with Gasteiger partial charge in [-0.05, 0) is 54.8 Å². The first kappa shape index (κ1) is 23.4. The number of piperidine rings is 1. The van der Waals surface area contributed by atoms with E-state index in [2.05, 4.69) is 20.8 Å². The third-order valence-electron chi connectivity index (χ3n) is 5.34. The van der Waals surface area contributed by atoms with E-state index in [1.165, 1.54) is 41.3 Å². The Labute approximate surface area is 198 Å². The Kier molecular flexibility index (Phi) is 7.21. The molecule has 1 saturated heterocycles. The van der Waals surface area contributed by atoms with Gasteiger partial charge >= 0.3 is 0 Å². The van der Waals surface area contributed by atoms with E-state index in [0.717, 1.165) is 11.3 Å². The molecule has 1 aliphatic rings. The van der Waals surface area contributed by atoms with Crippen molar-refractivity contribution >= 4 is 34.7 Å². The van der Waals surface area contributed by atoms with Crippen LogP contribution in [-0.4, -0.2) is 45.9 Å². The number of nitrogens with zero attached hydrogens (tertiary/aromatic N) is 3. The van der Waals surface area contributed by atoms with E-state index in [1.807, 2.05) is 0 Å². The highest BCUT2D eigenvalue weighted by Gasteiger charge is 2.30. The van der Waals surface area contributed by atoms with Crippen molar-refractivity contribution in [3.8, 4) is 0 Å². The molecule has 0 radical (unpaired) electrons. The van der Waals surface area contributed by atoms with Crippen LogP contribution in [0.3, 0.4) is 0 Å². The summed E-state index contributed by atoms with van der Waals surface area (Å²) in [4.78, 5) is 39.4. The quantitative estimate of drug-likeness (QED) is 0.558. The maximum absolute atomic E-state index is 13.3. The van der Waals surface area contributed by atoms with Crippen LogP contribution < -0.4 is 10.6 Å². The van der Waals surface area contributed by atoms with Gasteiger partial charge in [-0.2, -0.15) is 0 Å². The molecule has 1 fully saturated rings. The van der Waals surface area contributed by atoms with Crippen LogP contribution in [0.2, 0.25) is 0 Å². The molecule has 176 valence electrons. The van der Waals surface area contributed by atoms with Gasteiger partial charge in [0.1, 0.15) is 11.6 Å². The van der Waals surface area contributed by atoms with Gasteiger partial charge in [0.15, 0.2) is 0 Å². The third kappa shape index (κ3) is 5.79. The number of carbonyl (C=O) groups is 3.